The van der Waals surface area contributed by atoms with Crippen LogP contribution in [0.3, 0.4) is 0 Å². The highest BCUT2D eigenvalue weighted by atomic mass is 32.1. The number of hydrogen-bond acceptors (Lipinski definition) is 5. The Morgan fingerprint density at radius 2 is 1.76 bits per heavy atom. The van der Waals surface area contributed by atoms with Gasteiger partial charge < -0.3 is 15.4 Å². The molecule has 1 heterocycles. The molecule has 0 bridgehead atoms. The average Bonchev–Trinajstić information content (AvgIpc) is 3.05. The summed E-state index contributed by atoms with van der Waals surface area (Å²) in [6, 6.07) is 10.3. The first kappa shape index (κ1) is 20.3. The van der Waals surface area contributed by atoms with Crippen LogP contribution >= 0.6 is 11.3 Å². The first-order valence-corrected chi connectivity index (χ1v) is 9.44. The number of urea groups is 1. The number of thiazole rings is 1. The van der Waals surface area contributed by atoms with Crippen LogP contribution in [0.1, 0.15) is 20.9 Å². The Hall–Kier alpha value is -3.46. The molecule has 0 aliphatic heterocycles. The molecule has 0 spiro atoms. The van der Waals surface area contributed by atoms with Crippen molar-refractivity contribution in [2.45, 2.75) is 13.8 Å². The van der Waals surface area contributed by atoms with E-state index in [-0.39, 0.29) is 11.0 Å². The van der Waals surface area contributed by atoms with E-state index in [9.17, 15) is 14.0 Å². The van der Waals surface area contributed by atoms with E-state index in [2.05, 4.69) is 20.9 Å². The van der Waals surface area contributed by atoms with E-state index in [1.807, 2.05) is 19.1 Å². The second-order valence-electron chi connectivity index (χ2n) is 6.18. The molecule has 9 heteroatoms. The van der Waals surface area contributed by atoms with Gasteiger partial charge in [-0.25, -0.2) is 14.2 Å². The summed E-state index contributed by atoms with van der Waals surface area (Å²) in [5.41, 5.74) is 2.46. The molecule has 0 unspecified atom stereocenters. The molecule has 3 aromatic rings. The quantitative estimate of drug-likeness (QED) is 0.559. The number of ether oxygens (including phenoxy) is 1. The Kier molecular flexibility index (Phi) is 6.08. The zero-order valence-electron chi connectivity index (χ0n) is 16.0. The highest BCUT2D eigenvalue weighted by molar-refractivity contribution is 7.17. The lowest BCUT2D eigenvalue weighted by Gasteiger charge is -2.10. The predicted octanol–water partition coefficient (Wildman–Crippen LogP) is 4.80. The molecule has 0 fully saturated rings. The van der Waals surface area contributed by atoms with Gasteiger partial charge in [0.05, 0.1) is 18.5 Å². The Bertz CT molecular complexity index is 1050. The number of rotatable bonds is 5. The SMILES string of the molecule is COc1cc(C)ccc1NC(=O)c1sc(NC(=O)Nc2ccc(F)cc2)nc1C. The second kappa shape index (κ2) is 8.70. The smallest absolute Gasteiger partial charge is 0.325 e. The summed E-state index contributed by atoms with van der Waals surface area (Å²) in [6.07, 6.45) is 0. The number of anilines is 3. The number of benzene rings is 2. The maximum Gasteiger partial charge on any atom is 0.325 e. The number of carbonyl (C=O) groups is 2. The number of aryl methyl sites for hydroxylation is 2. The molecule has 0 aliphatic rings. The van der Waals surface area contributed by atoms with Gasteiger partial charge in [-0.1, -0.05) is 17.4 Å². The summed E-state index contributed by atoms with van der Waals surface area (Å²) in [5, 5.41) is 8.21. The van der Waals surface area contributed by atoms with E-state index in [4.69, 9.17) is 4.74 Å². The summed E-state index contributed by atoms with van der Waals surface area (Å²) in [4.78, 5) is 29.3. The van der Waals surface area contributed by atoms with E-state index in [0.29, 0.717) is 27.7 Å². The van der Waals surface area contributed by atoms with Gasteiger partial charge >= 0.3 is 6.03 Å². The maximum atomic E-state index is 12.9. The lowest BCUT2D eigenvalue weighted by molar-refractivity contribution is 0.102. The summed E-state index contributed by atoms with van der Waals surface area (Å²) in [7, 11) is 1.53. The summed E-state index contributed by atoms with van der Waals surface area (Å²) < 4.78 is 18.2. The number of nitrogens with zero attached hydrogens (tertiary/aromatic N) is 1. The number of nitrogens with one attached hydrogen (secondary N) is 3. The molecule has 0 atom stereocenters. The van der Waals surface area contributed by atoms with E-state index in [1.54, 1.807) is 13.0 Å². The molecule has 150 valence electrons. The van der Waals surface area contributed by atoms with Gasteiger partial charge in [0.15, 0.2) is 5.13 Å². The van der Waals surface area contributed by atoms with Gasteiger partial charge in [0.2, 0.25) is 0 Å². The Labute approximate surface area is 170 Å². The van der Waals surface area contributed by atoms with Crippen LogP contribution in [-0.4, -0.2) is 24.0 Å². The van der Waals surface area contributed by atoms with Crippen molar-refractivity contribution in [2.24, 2.45) is 0 Å². The average molecular weight is 414 g/mol. The third-order valence-corrected chi connectivity index (χ3v) is 5.00. The van der Waals surface area contributed by atoms with Crippen LogP contribution in [0.5, 0.6) is 5.75 Å². The van der Waals surface area contributed by atoms with Crippen LogP contribution in [0, 0.1) is 19.7 Å². The zero-order valence-corrected chi connectivity index (χ0v) is 16.8. The molecule has 0 aliphatic carbocycles. The van der Waals surface area contributed by atoms with E-state index < -0.39 is 11.8 Å². The largest absolute Gasteiger partial charge is 0.495 e. The summed E-state index contributed by atoms with van der Waals surface area (Å²) >= 11 is 1.05. The third kappa shape index (κ3) is 5.08. The van der Waals surface area contributed by atoms with Crippen LogP contribution in [-0.2, 0) is 0 Å². The van der Waals surface area contributed by atoms with Crippen LogP contribution in [0.4, 0.5) is 25.7 Å². The minimum absolute atomic E-state index is 0.267. The van der Waals surface area contributed by atoms with Crippen LogP contribution in [0.2, 0.25) is 0 Å². The van der Waals surface area contributed by atoms with E-state index >= 15 is 0 Å². The van der Waals surface area contributed by atoms with E-state index in [1.165, 1.54) is 31.4 Å². The molecule has 0 radical (unpaired) electrons. The Balaban J connectivity index is 1.68. The molecular formula is C20H19FN4O3S. The monoisotopic (exact) mass is 414 g/mol. The van der Waals surface area contributed by atoms with E-state index in [0.717, 1.165) is 16.9 Å². The molecule has 3 amide bonds. The summed E-state index contributed by atoms with van der Waals surface area (Å²) in [6.45, 7) is 3.61. The molecule has 29 heavy (non-hydrogen) atoms. The van der Waals surface area contributed by atoms with Crippen molar-refractivity contribution >= 4 is 39.8 Å². The fourth-order valence-corrected chi connectivity index (χ4v) is 3.39. The van der Waals surface area contributed by atoms with Gasteiger partial charge in [-0.15, -0.1) is 0 Å². The molecule has 0 saturated carbocycles. The number of amides is 3. The van der Waals surface area contributed by atoms with Gasteiger partial charge in [0, 0.05) is 5.69 Å². The van der Waals surface area contributed by atoms with Crippen molar-refractivity contribution in [3.05, 3.63) is 64.4 Å². The van der Waals surface area contributed by atoms with Crippen LogP contribution in [0.25, 0.3) is 0 Å². The minimum atomic E-state index is -0.544. The molecular weight excluding hydrogens is 395 g/mol. The van der Waals surface area contributed by atoms with Crippen molar-refractivity contribution in [1.82, 2.24) is 4.98 Å². The molecule has 3 N–H and O–H groups in total. The van der Waals surface area contributed by atoms with Gasteiger partial charge in [-0.3, -0.25) is 10.1 Å². The number of methoxy groups -OCH3 is 1. The second-order valence-corrected chi connectivity index (χ2v) is 7.18. The molecule has 7 nitrogen and oxygen atoms in total. The van der Waals surface area contributed by atoms with Gasteiger partial charge in [0.1, 0.15) is 16.4 Å². The fourth-order valence-electron chi connectivity index (χ4n) is 2.53. The van der Waals surface area contributed by atoms with Gasteiger partial charge in [-0.05, 0) is 55.8 Å². The first-order valence-electron chi connectivity index (χ1n) is 8.62. The third-order valence-electron chi connectivity index (χ3n) is 3.93. The van der Waals surface area contributed by atoms with Crippen molar-refractivity contribution < 1.29 is 18.7 Å². The molecule has 0 saturated heterocycles. The van der Waals surface area contributed by atoms with Crippen molar-refractivity contribution in [3.8, 4) is 5.75 Å². The fraction of sp³-hybridized carbons (Fsp3) is 0.150. The molecule has 2 aromatic carbocycles. The Morgan fingerprint density at radius 3 is 2.45 bits per heavy atom. The lowest BCUT2D eigenvalue weighted by atomic mass is 10.2. The minimum Gasteiger partial charge on any atom is -0.495 e. The molecule has 1 aromatic heterocycles. The maximum absolute atomic E-state index is 12.9. The zero-order chi connectivity index (χ0) is 21.0. The number of aromatic nitrogens is 1. The predicted molar refractivity (Wildman–Crippen MR) is 112 cm³/mol. The lowest BCUT2D eigenvalue weighted by Crippen LogP contribution is -2.19. The standard InChI is InChI=1S/C20H19FN4O3S/c1-11-4-9-15(16(10-11)28-3)24-18(26)17-12(2)22-20(29-17)25-19(27)23-14-7-5-13(21)6-8-14/h4-10H,1-3H3,(H,24,26)(H2,22,23,25,27). The number of hydrogen-bond donors (Lipinski definition) is 3. The van der Waals surface area contributed by atoms with Crippen molar-refractivity contribution in [2.75, 3.05) is 23.1 Å². The van der Waals surface area contributed by atoms with Crippen LogP contribution in [0.15, 0.2) is 42.5 Å². The topological polar surface area (TPSA) is 92.4 Å². The highest BCUT2D eigenvalue weighted by Gasteiger charge is 2.18. The van der Waals surface area contributed by atoms with Crippen molar-refractivity contribution in [1.29, 1.82) is 0 Å². The number of halogens is 1. The Morgan fingerprint density at radius 1 is 1.03 bits per heavy atom. The van der Waals surface area contributed by atoms with Gasteiger partial charge in [0.25, 0.3) is 5.91 Å². The summed E-state index contributed by atoms with van der Waals surface area (Å²) in [5.74, 6) is -0.195. The van der Waals surface area contributed by atoms with Crippen LogP contribution < -0.4 is 20.7 Å². The normalized spacial score (nSPS) is 10.3. The van der Waals surface area contributed by atoms with Gasteiger partial charge in [-0.2, -0.15) is 0 Å². The number of carbonyl (C=O) groups excluding carboxylic acids is 2. The van der Waals surface area contributed by atoms with Crippen molar-refractivity contribution in [3.63, 3.8) is 0 Å². The highest BCUT2D eigenvalue weighted by Crippen LogP contribution is 2.28. The molecule has 3 rings (SSSR count). The first-order chi connectivity index (χ1) is 13.9.